The van der Waals surface area contributed by atoms with Crippen LogP contribution in [-0.2, 0) is 14.8 Å². The standard InChI is InChI=1S/C14H20N2O4S/c1-3-7-16(8-4-2)21(18,19)11-5-6-12-13(9-11)20-10-14(17)15-12/h5-6,9H,3-4,7-8,10H2,1-2H3,(H,15,17). The Morgan fingerprint density at radius 3 is 2.52 bits per heavy atom. The third-order valence-electron chi connectivity index (χ3n) is 3.17. The van der Waals surface area contributed by atoms with Gasteiger partial charge in [0.15, 0.2) is 6.61 Å². The largest absolute Gasteiger partial charge is 0.482 e. The van der Waals surface area contributed by atoms with Crippen LogP contribution < -0.4 is 10.1 Å². The van der Waals surface area contributed by atoms with E-state index in [9.17, 15) is 13.2 Å². The van der Waals surface area contributed by atoms with Crippen molar-refractivity contribution in [3.05, 3.63) is 18.2 Å². The van der Waals surface area contributed by atoms with Crippen molar-refractivity contribution >= 4 is 21.6 Å². The second-order valence-electron chi connectivity index (χ2n) is 4.90. The average Bonchev–Trinajstić information content (AvgIpc) is 2.46. The number of ether oxygens (including phenoxy) is 1. The van der Waals surface area contributed by atoms with E-state index in [1.54, 1.807) is 6.07 Å². The number of anilines is 1. The maximum Gasteiger partial charge on any atom is 0.262 e. The number of nitrogens with one attached hydrogen (secondary N) is 1. The lowest BCUT2D eigenvalue weighted by Gasteiger charge is -2.23. The molecule has 0 saturated heterocycles. The van der Waals surface area contributed by atoms with Crippen LogP contribution in [0.4, 0.5) is 5.69 Å². The van der Waals surface area contributed by atoms with Gasteiger partial charge in [0.2, 0.25) is 10.0 Å². The molecule has 116 valence electrons. The molecule has 7 heteroatoms. The van der Waals surface area contributed by atoms with Gasteiger partial charge >= 0.3 is 0 Å². The summed E-state index contributed by atoms with van der Waals surface area (Å²) in [6.45, 7) is 4.78. The molecule has 0 saturated carbocycles. The lowest BCUT2D eigenvalue weighted by atomic mass is 10.2. The number of hydrogen-bond donors (Lipinski definition) is 1. The fourth-order valence-corrected chi connectivity index (χ4v) is 3.86. The summed E-state index contributed by atoms with van der Waals surface area (Å²) in [6.07, 6.45) is 1.52. The first-order chi connectivity index (χ1) is 9.98. The Morgan fingerprint density at radius 2 is 1.90 bits per heavy atom. The molecule has 2 rings (SSSR count). The van der Waals surface area contributed by atoms with E-state index >= 15 is 0 Å². The topological polar surface area (TPSA) is 75.7 Å². The van der Waals surface area contributed by atoms with E-state index in [1.807, 2.05) is 13.8 Å². The summed E-state index contributed by atoms with van der Waals surface area (Å²) in [5.41, 5.74) is 0.503. The smallest absolute Gasteiger partial charge is 0.262 e. The van der Waals surface area contributed by atoms with Crippen LogP contribution in [-0.4, -0.2) is 38.3 Å². The third kappa shape index (κ3) is 3.36. The highest BCUT2D eigenvalue weighted by Crippen LogP contribution is 2.31. The summed E-state index contributed by atoms with van der Waals surface area (Å²) < 4.78 is 32.0. The minimum Gasteiger partial charge on any atom is -0.482 e. The Bertz CT molecular complexity index is 622. The summed E-state index contributed by atoms with van der Waals surface area (Å²) in [6, 6.07) is 4.54. The second kappa shape index (κ2) is 6.44. The second-order valence-corrected chi connectivity index (χ2v) is 6.84. The van der Waals surface area contributed by atoms with Gasteiger partial charge in [-0.05, 0) is 25.0 Å². The molecule has 1 heterocycles. The fraction of sp³-hybridized carbons (Fsp3) is 0.500. The van der Waals surface area contributed by atoms with E-state index in [0.29, 0.717) is 24.5 Å². The first kappa shape index (κ1) is 15.8. The van der Waals surface area contributed by atoms with Crippen molar-refractivity contribution in [1.29, 1.82) is 0 Å². The normalized spacial score (nSPS) is 14.5. The van der Waals surface area contributed by atoms with Crippen molar-refractivity contribution in [2.45, 2.75) is 31.6 Å². The first-order valence-corrected chi connectivity index (χ1v) is 8.50. The van der Waals surface area contributed by atoms with E-state index in [2.05, 4.69) is 5.32 Å². The molecular weight excluding hydrogens is 292 g/mol. The van der Waals surface area contributed by atoms with Gasteiger partial charge in [0.05, 0.1) is 10.6 Å². The monoisotopic (exact) mass is 312 g/mol. The zero-order valence-electron chi connectivity index (χ0n) is 12.3. The Labute approximate surface area is 125 Å². The summed E-state index contributed by atoms with van der Waals surface area (Å²) in [5.74, 6) is 0.153. The molecule has 0 fully saturated rings. The van der Waals surface area contributed by atoms with E-state index < -0.39 is 10.0 Å². The molecule has 1 aliphatic heterocycles. The van der Waals surface area contributed by atoms with E-state index in [4.69, 9.17) is 4.74 Å². The molecule has 21 heavy (non-hydrogen) atoms. The number of amides is 1. The molecule has 0 aromatic heterocycles. The summed E-state index contributed by atoms with van der Waals surface area (Å²) >= 11 is 0. The van der Waals surface area contributed by atoms with Gasteiger partial charge in [-0.3, -0.25) is 4.79 Å². The van der Waals surface area contributed by atoms with Gasteiger partial charge in [-0.1, -0.05) is 13.8 Å². The molecule has 1 aromatic carbocycles. The zero-order valence-corrected chi connectivity index (χ0v) is 13.1. The van der Waals surface area contributed by atoms with Gasteiger partial charge in [-0.2, -0.15) is 4.31 Å². The lowest BCUT2D eigenvalue weighted by molar-refractivity contribution is -0.118. The molecule has 1 aliphatic rings. The molecule has 0 unspecified atom stereocenters. The fourth-order valence-electron chi connectivity index (χ4n) is 2.22. The number of sulfonamides is 1. The van der Waals surface area contributed by atoms with Crippen LogP contribution in [0.1, 0.15) is 26.7 Å². The van der Waals surface area contributed by atoms with Crippen molar-refractivity contribution in [3.63, 3.8) is 0 Å². The molecule has 0 spiro atoms. The van der Waals surface area contributed by atoms with E-state index in [1.165, 1.54) is 16.4 Å². The number of benzene rings is 1. The Hall–Kier alpha value is -1.60. The third-order valence-corrected chi connectivity index (χ3v) is 5.06. The summed E-state index contributed by atoms with van der Waals surface area (Å²) in [5, 5.41) is 2.65. The van der Waals surface area contributed by atoms with Crippen LogP contribution >= 0.6 is 0 Å². The Kier molecular flexibility index (Phi) is 4.84. The van der Waals surface area contributed by atoms with Gasteiger partial charge < -0.3 is 10.1 Å². The Balaban J connectivity index is 2.34. The zero-order chi connectivity index (χ0) is 15.5. The molecule has 0 atom stereocenters. The molecule has 6 nitrogen and oxygen atoms in total. The van der Waals surface area contributed by atoms with Crippen molar-refractivity contribution in [1.82, 2.24) is 4.31 Å². The quantitative estimate of drug-likeness (QED) is 0.869. The van der Waals surface area contributed by atoms with Crippen LogP contribution in [0.5, 0.6) is 5.75 Å². The number of fused-ring (bicyclic) bond motifs is 1. The minimum absolute atomic E-state index is 0.0931. The maximum atomic E-state index is 12.6. The van der Waals surface area contributed by atoms with Crippen molar-refractivity contribution in [2.75, 3.05) is 25.0 Å². The number of hydrogen-bond acceptors (Lipinski definition) is 4. The molecular formula is C14H20N2O4S. The van der Waals surface area contributed by atoms with Crippen LogP contribution in [0.2, 0.25) is 0 Å². The first-order valence-electron chi connectivity index (χ1n) is 7.06. The highest BCUT2D eigenvalue weighted by atomic mass is 32.2. The molecule has 1 N–H and O–H groups in total. The summed E-state index contributed by atoms with van der Waals surface area (Å²) in [7, 11) is -3.53. The van der Waals surface area contributed by atoms with Crippen molar-refractivity contribution < 1.29 is 17.9 Å². The maximum absolute atomic E-state index is 12.6. The van der Waals surface area contributed by atoms with Crippen molar-refractivity contribution in [3.8, 4) is 5.75 Å². The van der Waals surface area contributed by atoms with Crippen LogP contribution in [0.15, 0.2) is 23.1 Å². The predicted molar refractivity (Wildman–Crippen MR) is 79.9 cm³/mol. The SMILES string of the molecule is CCCN(CCC)S(=O)(=O)c1ccc2c(c1)OCC(=O)N2. The lowest BCUT2D eigenvalue weighted by Crippen LogP contribution is -2.33. The van der Waals surface area contributed by atoms with Gasteiger partial charge in [0.1, 0.15) is 5.75 Å². The number of rotatable bonds is 6. The van der Waals surface area contributed by atoms with Crippen LogP contribution in [0, 0.1) is 0 Å². The number of nitrogens with zero attached hydrogens (tertiary/aromatic N) is 1. The predicted octanol–water partition coefficient (Wildman–Crippen LogP) is 1.83. The molecule has 0 radical (unpaired) electrons. The molecule has 0 bridgehead atoms. The van der Waals surface area contributed by atoms with Gasteiger partial charge in [0.25, 0.3) is 5.91 Å². The van der Waals surface area contributed by atoms with Crippen LogP contribution in [0.25, 0.3) is 0 Å². The number of carbonyl (C=O) groups is 1. The highest BCUT2D eigenvalue weighted by molar-refractivity contribution is 7.89. The van der Waals surface area contributed by atoms with E-state index in [-0.39, 0.29) is 17.4 Å². The van der Waals surface area contributed by atoms with E-state index in [0.717, 1.165) is 12.8 Å². The molecule has 1 aromatic rings. The Morgan fingerprint density at radius 1 is 1.24 bits per heavy atom. The summed E-state index contributed by atoms with van der Waals surface area (Å²) in [4.78, 5) is 11.4. The highest BCUT2D eigenvalue weighted by Gasteiger charge is 2.25. The minimum atomic E-state index is -3.53. The van der Waals surface area contributed by atoms with Crippen molar-refractivity contribution in [2.24, 2.45) is 0 Å². The molecule has 1 amide bonds. The van der Waals surface area contributed by atoms with Gasteiger partial charge in [0, 0.05) is 19.2 Å². The average molecular weight is 312 g/mol. The number of carbonyl (C=O) groups excluding carboxylic acids is 1. The van der Waals surface area contributed by atoms with Gasteiger partial charge in [-0.15, -0.1) is 0 Å². The van der Waals surface area contributed by atoms with Gasteiger partial charge in [-0.25, -0.2) is 8.42 Å². The van der Waals surface area contributed by atoms with Crippen LogP contribution in [0.3, 0.4) is 0 Å². The molecule has 0 aliphatic carbocycles.